The molecule has 0 aliphatic carbocycles. The van der Waals surface area contributed by atoms with E-state index in [1.165, 1.54) is 5.56 Å². The third-order valence-corrected chi connectivity index (χ3v) is 4.71. The van der Waals surface area contributed by atoms with Crippen molar-refractivity contribution in [1.29, 1.82) is 0 Å². The van der Waals surface area contributed by atoms with Crippen LogP contribution in [0.25, 0.3) is 0 Å². The number of aromatic nitrogens is 1. The summed E-state index contributed by atoms with van der Waals surface area (Å²) in [5.74, 6) is 0.0975. The molecule has 31 heavy (non-hydrogen) atoms. The van der Waals surface area contributed by atoms with Crippen LogP contribution in [0, 0.1) is 0 Å². The molecule has 0 amide bonds. The lowest BCUT2D eigenvalue weighted by Crippen LogP contribution is -2.23. The molecule has 6 nitrogen and oxygen atoms in total. The molecule has 0 aliphatic heterocycles. The first-order valence-electron chi connectivity index (χ1n) is 10.5. The Kier molecular flexibility index (Phi) is 10.6. The number of hydrogen-bond donors (Lipinski definition) is 4. The van der Waals surface area contributed by atoms with Crippen LogP contribution in [0.5, 0.6) is 0 Å². The zero-order valence-electron chi connectivity index (χ0n) is 18.0. The van der Waals surface area contributed by atoms with E-state index in [2.05, 4.69) is 22.5 Å². The fourth-order valence-corrected chi connectivity index (χ4v) is 2.96. The number of nitrogens with one attached hydrogen (secondary N) is 2. The number of benzene rings is 2. The summed E-state index contributed by atoms with van der Waals surface area (Å²) in [6, 6.07) is 23.6. The molecule has 0 fully saturated rings. The third kappa shape index (κ3) is 9.78. The maximum atomic E-state index is 10.7. The second kappa shape index (κ2) is 13.8. The van der Waals surface area contributed by atoms with Crippen LogP contribution in [-0.4, -0.2) is 35.7 Å². The number of nitrogen functional groups attached to an aromatic ring is 1. The van der Waals surface area contributed by atoms with E-state index in [0.29, 0.717) is 11.7 Å². The highest BCUT2D eigenvalue weighted by Gasteiger charge is 2.06. The van der Waals surface area contributed by atoms with Gasteiger partial charge in [-0.25, -0.2) is 4.98 Å². The molecule has 3 rings (SSSR count). The Balaban J connectivity index is 0.000000488. The van der Waals surface area contributed by atoms with Crippen LogP contribution in [0.2, 0.25) is 0 Å². The van der Waals surface area contributed by atoms with Crippen molar-refractivity contribution in [3.63, 3.8) is 0 Å². The van der Waals surface area contributed by atoms with Gasteiger partial charge in [0.05, 0.1) is 12.1 Å². The van der Waals surface area contributed by atoms with E-state index in [1.54, 1.807) is 6.20 Å². The Morgan fingerprint density at radius 2 is 1.65 bits per heavy atom. The number of pyridine rings is 1. The van der Waals surface area contributed by atoms with Gasteiger partial charge in [-0.3, -0.25) is 4.79 Å². The van der Waals surface area contributed by atoms with E-state index in [0.717, 1.165) is 37.3 Å². The Labute approximate surface area is 184 Å². The summed E-state index contributed by atoms with van der Waals surface area (Å²) in [5.41, 5.74) is 8.70. The van der Waals surface area contributed by atoms with Gasteiger partial charge in [0.1, 0.15) is 5.82 Å². The van der Waals surface area contributed by atoms with Gasteiger partial charge in [0.2, 0.25) is 0 Å². The first kappa shape index (κ1) is 23.9. The van der Waals surface area contributed by atoms with Crippen LogP contribution in [-0.2, 0) is 11.2 Å². The molecule has 1 atom stereocenters. The van der Waals surface area contributed by atoms with Gasteiger partial charge in [0.15, 0.2) is 0 Å². The summed E-state index contributed by atoms with van der Waals surface area (Å²) in [6.45, 7) is 4.79. The topological polar surface area (TPSA) is 100 Å². The molecular formula is C25H32N4O2. The van der Waals surface area contributed by atoms with Crippen molar-refractivity contribution in [2.24, 2.45) is 0 Å². The minimum atomic E-state index is -0.802. The fraction of sp³-hybridized carbons (Fsp3) is 0.280. The molecule has 0 saturated carbocycles. The standard InChI is InChI=1S/C19H26N4O2.C6H6/c1-14(16-7-5-15(6-8-16)12-18(24)25)13-21-9-3-11-22-17-4-2-10-23-19(17)20;1-2-4-6-5-3-1/h2,4-8,10,14,21-22H,3,9,11-13H2,1H3,(H2,20,23)(H,24,25);1-6H. The number of carbonyl (C=O) groups is 1. The van der Waals surface area contributed by atoms with Gasteiger partial charge in [-0.05, 0) is 42.1 Å². The highest BCUT2D eigenvalue weighted by atomic mass is 16.4. The minimum absolute atomic E-state index is 0.0708. The molecule has 0 spiro atoms. The Morgan fingerprint density at radius 3 is 2.23 bits per heavy atom. The average molecular weight is 421 g/mol. The predicted octanol–water partition coefficient (Wildman–Crippen LogP) is 4.17. The number of aliphatic carboxylic acids is 1. The Morgan fingerprint density at radius 1 is 1.00 bits per heavy atom. The van der Waals surface area contributed by atoms with Crippen LogP contribution < -0.4 is 16.4 Å². The van der Waals surface area contributed by atoms with E-state index in [-0.39, 0.29) is 6.42 Å². The van der Waals surface area contributed by atoms with Crippen molar-refractivity contribution < 1.29 is 9.90 Å². The maximum absolute atomic E-state index is 10.7. The number of carboxylic acids is 1. The van der Waals surface area contributed by atoms with E-state index in [9.17, 15) is 4.79 Å². The van der Waals surface area contributed by atoms with E-state index in [1.807, 2.05) is 72.8 Å². The van der Waals surface area contributed by atoms with Crippen LogP contribution >= 0.6 is 0 Å². The summed E-state index contributed by atoms with van der Waals surface area (Å²) in [6.07, 6.45) is 2.73. The van der Waals surface area contributed by atoms with Gasteiger partial charge >= 0.3 is 5.97 Å². The number of rotatable bonds is 10. The van der Waals surface area contributed by atoms with Gasteiger partial charge in [-0.1, -0.05) is 67.6 Å². The lowest BCUT2D eigenvalue weighted by Gasteiger charge is -2.14. The molecule has 5 N–H and O–H groups in total. The van der Waals surface area contributed by atoms with Crippen molar-refractivity contribution in [3.8, 4) is 0 Å². The largest absolute Gasteiger partial charge is 0.481 e. The van der Waals surface area contributed by atoms with Gasteiger partial charge < -0.3 is 21.5 Å². The van der Waals surface area contributed by atoms with Crippen LogP contribution in [0.1, 0.15) is 30.4 Å². The summed E-state index contributed by atoms with van der Waals surface area (Å²) >= 11 is 0. The van der Waals surface area contributed by atoms with Crippen LogP contribution in [0.4, 0.5) is 11.5 Å². The second-order valence-corrected chi connectivity index (χ2v) is 7.29. The zero-order chi connectivity index (χ0) is 22.3. The summed E-state index contributed by atoms with van der Waals surface area (Å²) < 4.78 is 0. The molecule has 2 aromatic carbocycles. The number of carboxylic acid groups (broad SMARTS) is 1. The predicted molar refractivity (Wildman–Crippen MR) is 127 cm³/mol. The van der Waals surface area contributed by atoms with Crippen molar-refractivity contribution in [1.82, 2.24) is 10.3 Å². The third-order valence-electron chi connectivity index (χ3n) is 4.71. The maximum Gasteiger partial charge on any atom is 0.307 e. The average Bonchev–Trinajstić information content (AvgIpc) is 2.79. The van der Waals surface area contributed by atoms with Gasteiger partial charge in [0.25, 0.3) is 0 Å². The molecule has 0 saturated heterocycles. The van der Waals surface area contributed by atoms with Gasteiger partial charge in [-0.2, -0.15) is 0 Å². The lowest BCUT2D eigenvalue weighted by atomic mass is 9.99. The fourth-order valence-electron chi connectivity index (χ4n) is 2.96. The molecule has 3 aromatic rings. The molecule has 1 aromatic heterocycles. The minimum Gasteiger partial charge on any atom is -0.481 e. The van der Waals surface area contributed by atoms with E-state index in [4.69, 9.17) is 10.8 Å². The number of nitrogens with zero attached hydrogens (tertiary/aromatic N) is 1. The molecular weight excluding hydrogens is 388 g/mol. The highest BCUT2D eigenvalue weighted by molar-refractivity contribution is 5.70. The SMILES string of the molecule is CC(CNCCCNc1cccnc1N)c1ccc(CC(=O)O)cc1.c1ccccc1. The van der Waals surface area contributed by atoms with Crippen LogP contribution in [0.3, 0.4) is 0 Å². The highest BCUT2D eigenvalue weighted by Crippen LogP contribution is 2.16. The molecule has 0 bridgehead atoms. The smallest absolute Gasteiger partial charge is 0.307 e. The number of nitrogens with two attached hydrogens (primary N) is 1. The molecule has 1 heterocycles. The Bertz CT molecular complexity index is 859. The molecule has 164 valence electrons. The van der Waals surface area contributed by atoms with Gasteiger partial charge in [0, 0.05) is 19.3 Å². The van der Waals surface area contributed by atoms with Crippen molar-refractivity contribution in [2.45, 2.75) is 25.7 Å². The Hall–Kier alpha value is -3.38. The van der Waals surface area contributed by atoms with Gasteiger partial charge in [-0.15, -0.1) is 0 Å². The molecule has 0 radical (unpaired) electrons. The zero-order valence-corrected chi connectivity index (χ0v) is 18.0. The lowest BCUT2D eigenvalue weighted by molar-refractivity contribution is -0.136. The normalized spacial score (nSPS) is 11.1. The number of anilines is 2. The summed E-state index contributed by atoms with van der Waals surface area (Å²) in [7, 11) is 0. The van der Waals surface area contributed by atoms with Crippen LogP contribution in [0.15, 0.2) is 79.0 Å². The molecule has 0 aliphatic rings. The second-order valence-electron chi connectivity index (χ2n) is 7.29. The van der Waals surface area contributed by atoms with E-state index < -0.39 is 5.97 Å². The monoisotopic (exact) mass is 420 g/mol. The first-order chi connectivity index (χ1) is 15.1. The molecule has 1 unspecified atom stereocenters. The quantitative estimate of drug-likeness (QED) is 0.367. The molecule has 6 heteroatoms. The first-order valence-corrected chi connectivity index (χ1v) is 10.5. The number of hydrogen-bond acceptors (Lipinski definition) is 5. The van der Waals surface area contributed by atoms with Crippen molar-refractivity contribution in [3.05, 3.63) is 90.1 Å². The summed E-state index contributed by atoms with van der Waals surface area (Å²) in [5, 5.41) is 15.5. The van der Waals surface area contributed by atoms with E-state index >= 15 is 0 Å². The van der Waals surface area contributed by atoms with Crippen molar-refractivity contribution >= 4 is 17.5 Å². The van der Waals surface area contributed by atoms with Crippen molar-refractivity contribution in [2.75, 3.05) is 30.7 Å². The summed E-state index contributed by atoms with van der Waals surface area (Å²) in [4.78, 5) is 14.7.